The smallest absolute Gasteiger partial charge is 0.142 e. The van der Waals surface area contributed by atoms with Crippen LogP contribution in [-0.2, 0) is 13.1 Å². The third kappa shape index (κ3) is 4.50. The molecule has 2 aromatic carbocycles. The van der Waals surface area contributed by atoms with Crippen molar-refractivity contribution < 1.29 is 4.74 Å². The van der Waals surface area contributed by atoms with Crippen LogP contribution in [0.5, 0.6) is 5.75 Å². The standard InChI is InChI=1S/C18H24N2O/c1-4-21-18-12-16(10-11-17(18)20(2)3)14-19-13-15-8-6-5-7-9-15/h5-12,19H,4,13-14H2,1-3H3. The number of nitrogens with zero attached hydrogens (tertiary/aromatic N) is 1. The first-order valence-electron chi connectivity index (χ1n) is 7.38. The van der Waals surface area contributed by atoms with E-state index in [4.69, 9.17) is 4.74 Å². The van der Waals surface area contributed by atoms with Gasteiger partial charge in [0.05, 0.1) is 12.3 Å². The number of nitrogens with one attached hydrogen (secondary N) is 1. The molecule has 0 radical (unpaired) electrons. The van der Waals surface area contributed by atoms with Gasteiger partial charge in [0.25, 0.3) is 0 Å². The Bertz CT molecular complexity index is 552. The van der Waals surface area contributed by atoms with Crippen LogP contribution in [0.25, 0.3) is 0 Å². The summed E-state index contributed by atoms with van der Waals surface area (Å²) in [7, 11) is 4.07. The van der Waals surface area contributed by atoms with E-state index in [1.807, 2.05) is 27.1 Å². The Hall–Kier alpha value is -2.00. The Morgan fingerprint density at radius 3 is 2.33 bits per heavy atom. The van der Waals surface area contributed by atoms with Gasteiger partial charge in [0, 0.05) is 27.2 Å². The molecule has 112 valence electrons. The fraction of sp³-hybridized carbons (Fsp3) is 0.333. The maximum Gasteiger partial charge on any atom is 0.142 e. The maximum absolute atomic E-state index is 5.73. The van der Waals surface area contributed by atoms with E-state index in [9.17, 15) is 0 Å². The zero-order valence-corrected chi connectivity index (χ0v) is 13.1. The minimum atomic E-state index is 0.682. The minimum absolute atomic E-state index is 0.682. The van der Waals surface area contributed by atoms with Crippen LogP contribution in [-0.4, -0.2) is 20.7 Å². The molecule has 0 fully saturated rings. The second-order valence-corrected chi connectivity index (χ2v) is 5.22. The molecule has 2 aromatic rings. The van der Waals surface area contributed by atoms with E-state index in [1.165, 1.54) is 11.1 Å². The average molecular weight is 284 g/mol. The molecule has 0 aromatic heterocycles. The SMILES string of the molecule is CCOc1cc(CNCc2ccccc2)ccc1N(C)C. The van der Waals surface area contributed by atoms with Crippen LogP contribution in [0.15, 0.2) is 48.5 Å². The van der Waals surface area contributed by atoms with E-state index in [2.05, 4.69) is 52.7 Å². The van der Waals surface area contributed by atoms with Crippen molar-refractivity contribution in [3.63, 3.8) is 0 Å². The molecule has 0 amide bonds. The molecular formula is C18H24N2O. The highest BCUT2D eigenvalue weighted by Gasteiger charge is 2.06. The first kappa shape index (κ1) is 15.4. The highest BCUT2D eigenvalue weighted by Crippen LogP contribution is 2.28. The van der Waals surface area contributed by atoms with E-state index in [0.29, 0.717) is 6.61 Å². The summed E-state index contributed by atoms with van der Waals surface area (Å²) in [5, 5.41) is 3.47. The van der Waals surface area contributed by atoms with Crippen LogP contribution in [0.2, 0.25) is 0 Å². The summed E-state index contributed by atoms with van der Waals surface area (Å²) in [5.74, 6) is 0.946. The number of ether oxygens (including phenoxy) is 1. The van der Waals surface area contributed by atoms with Crippen molar-refractivity contribution in [3.8, 4) is 5.75 Å². The molecule has 3 nitrogen and oxygen atoms in total. The second kappa shape index (κ2) is 7.70. The maximum atomic E-state index is 5.73. The first-order valence-corrected chi connectivity index (χ1v) is 7.38. The molecule has 0 bridgehead atoms. The highest BCUT2D eigenvalue weighted by molar-refractivity contribution is 5.58. The zero-order valence-electron chi connectivity index (χ0n) is 13.1. The van der Waals surface area contributed by atoms with Gasteiger partial charge in [-0.1, -0.05) is 36.4 Å². The molecule has 0 heterocycles. The minimum Gasteiger partial charge on any atom is -0.492 e. The van der Waals surface area contributed by atoms with Crippen LogP contribution >= 0.6 is 0 Å². The molecule has 0 aliphatic rings. The van der Waals surface area contributed by atoms with E-state index >= 15 is 0 Å². The normalized spacial score (nSPS) is 10.4. The van der Waals surface area contributed by atoms with Crippen molar-refractivity contribution in [1.82, 2.24) is 5.32 Å². The molecule has 0 aliphatic carbocycles. The Balaban J connectivity index is 1.98. The monoisotopic (exact) mass is 284 g/mol. The molecule has 0 saturated heterocycles. The lowest BCUT2D eigenvalue weighted by Crippen LogP contribution is -2.14. The van der Waals surface area contributed by atoms with Gasteiger partial charge in [-0.3, -0.25) is 0 Å². The van der Waals surface area contributed by atoms with E-state index < -0.39 is 0 Å². The van der Waals surface area contributed by atoms with Crippen molar-refractivity contribution in [2.24, 2.45) is 0 Å². The largest absolute Gasteiger partial charge is 0.492 e. The third-order valence-electron chi connectivity index (χ3n) is 3.31. The number of anilines is 1. The van der Waals surface area contributed by atoms with Crippen molar-refractivity contribution in [2.45, 2.75) is 20.0 Å². The molecule has 1 N–H and O–H groups in total. The van der Waals surface area contributed by atoms with Gasteiger partial charge < -0.3 is 15.0 Å². The molecule has 21 heavy (non-hydrogen) atoms. The van der Waals surface area contributed by atoms with Gasteiger partial charge in [-0.05, 0) is 30.2 Å². The van der Waals surface area contributed by atoms with Crippen molar-refractivity contribution in [1.29, 1.82) is 0 Å². The molecule has 3 heteroatoms. The number of rotatable bonds is 7. The fourth-order valence-corrected chi connectivity index (χ4v) is 2.26. The van der Waals surface area contributed by atoms with E-state index in [0.717, 1.165) is 24.5 Å². The summed E-state index contributed by atoms with van der Waals surface area (Å²) >= 11 is 0. The quantitative estimate of drug-likeness (QED) is 0.843. The van der Waals surface area contributed by atoms with Crippen LogP contribution in [0.3, 0.4) is 0 Å². The molecule has 0 atom stereocenters. The molecule has 0 unspecified atom stereocenters. The fourth-order valence-electron chi connectivity index (χ4n) is 2.26. The summed E-state index contributed by atoms with van der Waals surface area (Å²) < 4.78 is 5.73. The average Bonchev–Trinajstić information content (AvgIpc) is 2.49. The number of hydrogen-bond donors (Lipinski definition) is 1. The second-order valence-electron chi connectivity index (χ2n) is 5.22. The first-order chi connectivity index (χ1) is 10.2. The van der Waals surface area contributed by atoms with Gasteiger partial charge in [0.2, 0.25) is 0 Å². The Morgan fingerprint density at radius 1 is 0.952 bits per heavy atom. The van der Waals surface area contributed by atoms with Crippen LogP contribution in [0, 0.1) is 0 Å². The lowest BCUT2D eigenvalue weighted by Gasteiger charge is -2.18. The van der Waals surface area contributed by atoms with Crippen molar-refractivity contribution in [3.05, 3.63) is 59.7 Å². The third-order valence-corrected chi connectivity index (χ3v) is 3.31. The molecule has 2 rings (SSSR count). The van der Waals surface area contributed by atoms with Crippen molar-refractivity contribution in [2.75, 3.05) is 25.6 Å². The van der Waals surface area contributed by atoms with Gasteiger partial charge in [-0.2, -0.15) is 0 Å². The van der Waals surface area contributed by atoms with E-state index in [-0.39, 0.29) is 0 Å². The van der Waals surface area contributed by atoms with Gasteiger partial charge in [0.15, 0.2) is 0 Å². The Kier molecular flexibility index (Phi) is 5.64. The molecule has 0 saturated carbocycles. The van der Waals surface area contributed by atoms with Gasteiger partial charge in [0.1, 0.15) is 5.75 Å². The zero-order chi connectivity index (χ0) is 15.1. The Morgan fingerprint density at radius 2 is 1.67 bits per heavy atom. The summed E-state index contributed by atoms with van der Waals surface area (Å²) in [6.45, 7) is 4.41. The van der Waals surface area contributed by atoms with Crippen molar-refractivity contribution >= 4 is 5.69 Å². The topological polar surface area (TPSA) is 24.5 Å². The summed E-state index contributed by atoms with van der Waals surface area (Å²) in [6, 6.07) is 16.8. The highest BCUT2D eigenvalue weighted by atomic mass is 16.5. The molecular weight excluding hydrogens is 260 g/mol. The van der Waals surface area contributed by atoms with Crippen LogP contribution in [0.4, 0.5) is 5.69 Å². The van der Waals surface area contributed by atoms with Crippen LogP contribution in [0.1, 0.15) is 18.1 Å². The molecule has 0 spiro atoms. The molecule has 0 aliphatic heterocycles. The summed E-state index contributed by atoms with van der Waals surface area (Å²) in [4.78, 5) is 2.08. The van der Waals surface area contributed by atoms with Gasteiger partial charge in [-0.15, -0.1) is 0 Å². The summed E-state index contributed by atoms with van der Waals surface area (Å²) in [5.41, 5.74) is 3.65. The van der Waals surface area contributed by atoms with Gasteiger partial charge in [-0.25, -0.2) is 0 Å². The van der Waals surface area contributed by atoms with Gasteiger partial charge >= 0.3 is 0 Å². The number of benzene rings is 2. The van der Waals surface area contributed by atoms with Crippen LogP contribution < -0.4 is 15.0 Å². The number of hydrogen-bond acceptors (Lipinski definition) is 3. The lowest BCUT2D eigenvalue weighted by molar-refractivity contribution is 0.340. The Labute approximate surface area is 127 Å². The summed E-state index contributed by atoms with van der Waals surface area (Å²) in [6.07, 6.45) is 0. The lowest BCUT2D eigenvalue weighted by atomic mass is 10.1. The van der Waals surface area contributed by atoms with E-state index in [1.54, 1.807) is 0 Å². The predicted octanol–water partition coefficient (Wildman–Crippen LogP) is 3.44. The predicted molar refractivity (Wildman–Crippen MR) is 88.9 cm³/mol.